The molecule has 1 N–H and O–H groups in total. The highest BCUT2D eigenvalue weighted by molar-refractivity contribution is 5.75. The van der Waals surface area contributed by atoms with Crippen molar-refractivity contribution in [3.8, 4) is 0 Å². The molecule has 0 bridgehead atoms. The van der Waals surface area contributed by atoms with Gasteiger partial charge in [0.25, 0.3) is 0 Å². The fourth-order valence-electron chi connectivity index (χ4n) is 1.66. The first-order valence-electron chi connectivity index (χ1n) is 4.10. The molecule has 1 saturated heterocycles. The van der Waals surface area contributed by atoms with Crippen molar-refractivity contribution in [1.82, 2.24) is 4.90 Å². The van der Waals surface area contributed by atoms with E-state index in [-0.39, 0.29) is 18.4 Å². The SMILES string of the molecule is CC(=O)N1CCC[C@@H]1CC(=O)O. The monoisotopic (exact) mass is 171 g/mol. The molecule has 1 heterocycles. The number of carbonyl (C=O) groups excluding carboxylic acids is 1. The van der Waals surface area contributed by atoms with Crippen molar-refractivity contribution < 1.29 is 14.7 Å². The van der Waals surface area contributed by atoms with Gasteiger partial charge in [-0.15, -0.1) is 0 Å². The van der Waals surface area contributed by atoms with Crippen LogP contribution in [0.2, 0.25) is 0 Å². The summed E-state index contributed by atoms with van der Waals surface area (Å²) in [6.45, 7) is 2.20. The number of nitrogens with zero attached hydrogens (tertiary/aromatic N) is 1. The minimum Gasteiger partial charge on any atom is -0.481 e. The van der Waals surface area contributed by atoms with Gasteiger partial charge in [0.2, 0.25) is 5.91 Å². The Morgan fingerprint density at radius 2 is 2.25 bits per heavy atom. The first-order chi connectivity index (χ1) is 5.61. The highest BCUT2D eigenvalue weighted by Crippen LogP contribution is 2.19. The highest BCUT2D eigenvalue weighted by atomic mass is 16.4. The second-order valence-corrected chi connectivity index (χ2v) is 3.11. The summed E-state index contributed by atoms with van der Waals surface area (Å²) >= 11 is 0. The van der Waals surface area contributed by atoms with Crippen molar-refractivity contribution in [3.05, 3.63) is 0 Å². The molecule has 1 atom stereocenters. The third kappa shape index (κ3) is 1.96. The van der Waals surface area contributed by atoms with Gasteiger partial charge in [-0.05, 0) is 12.8 Å². The van der Waals surface area contributed by atoms with Gasteiger partial charge in [0.05, 0.1) is 6.42 Å². The normalized spacial score (nSPS) is 22.8. The number of aliphatic carboxylic acids is 1. The average molecular weight is 171 g/mol. The van der Waals surface area contributed by atoms with Gasteiger partial charge in [0.15, 0.2) is 0 Å². The number of hydrogen-bond acceptors (Lipinski definition) is 2. The Balaban J connectivity index is 2.52. The largest absolute Gasteiger partial charge is 0.481 e. The van der Waals surface area contributed by atoms with E-state index in [9.17, 15) is 9.59 Å². The Labute approximate surface area is 71.2 Å². The van der Waals surface area contributed by atoms with Gasteiger partial charge in [-0.2, -0.15) is 0 Å². The maximum atomic E-state index is 11.0. The van der Waals surface area contributed by atoms with Crippen LogP contribution in [-0.4, -0.2) is 34.5 Å². The predicted octanol–water partition coefficient (Wildman–Crippen LogP) is 0.472. The van der Waals surface area contributed by atoms with E-state index in [0.717, 1.165) is 12.8 Å². The summed E-state index contributed by atoms with van der Waals surface area (Å²) in [5.74, 6) is -0.841. The van der Waals surface area contributed by atoms with Crippen LogP contribution in [0.1, 0.15) is 26.2 Å². The van der Waals surface area contributed by atoms with Gasteiger partial charge in [0.1, 0.15) is 0 Å². The number of carboxylic acids is 1. The molecule has 1 amide bonds. The molecule has 1 aliphatic heterocycles. The Kier molecular flexibility index (Phi) is 2.68. The van der Waals surface area contributed by atoms with Gasteiger partial charge >= 0.3 is 5.97 Å². The van der Waals surface area contributed by atoms with Crippen molar-refractivity contribution >= 4 is 11.9 Å². The Hall–Kier alpha value is -1.06. The summed E-state index contributed by atoms with van der Waals surface area (Å²) in [6, 6.07) is -0.0694. The molecule has 0 aromatic rings. The van der Waals surface area contributed by atoms with E-state index < -0.39 is 5.97 Å². The second-order valence-electron chi connectivity index (χ2n) is 3.11. The lowest BCUT2D eigenvalue weighted by atomic mass is 10.1. The molecule has 1 fully saturated rings. The summed E-state index contributed by atoms with van der Waals surface area (Å²) in [5, 5.41) is 8.54. The fraction of sp³-hybridized carbons (Fsp3) is 0.750. The molecular formula is C8H13NO3. The number of hydrogen-bond donors (Lipinski definition) is 1. The lowest BCUT2D eigenvalue weighted by Crippen LogP contribution is -2.35. The van der Waals surface area contributed by atoms with Gasteiger partial charge in [-0.1, -0.05) is 0 Å². The Morgan fingerprint density at radius 3 is 2.75 bits per heavy atom. The molecule has 1 aliphatic rings. The smallest absolute Gasteiger partial charge is 0.305 e. The maximum Gasteiger partial charge on any atom is 0.305 e. The van der Waals surface area contributed by atoms with Crippen molar-refractivity contribution in [2.45, 2.75) is 32.2 Å². The molecule has 4 nitrogen and oxygen atoms in total. The molecule has 0 aromatic heterocycles. The molecular weight excluding hydrogens is 158 g/mol. The summed E-state index contributed by atoms with van der Waals surface area (Å²) < 4.78 is 0. The molecule has 1 rings (SSSR count). The van der Waals surface area contributed by atoms with Crippen molar-refractivity contribution in [3.63, 3.8) is 0 Å². The summed E-state index contributed by atoms with van der Waals surface area (Å²) in [4.78, 5) is 23.0. The molecule has 0 aromatic carbocycles. The van der Waals surface area contributed by atoms with Crippen LogP contribution < -0.4 is 0 Å². The van der Waals surface area contributed by atoms with Crippen LogP contribution in [-0.2, 0) is 9.59 Å². The molecule has 0 saturated carbocycles. The van der Waals surface area contributed by atoms with Gasteiger partial charge in [-0.3, -0.25) is 9.59 Å². The topological polar surface area (TPSA) is 57.6 Å². The molecule has 0 unspecified atom stereocenters. The van der Waals surface area contributed by atoms with Crippen LogP contribution in [0.4, 0.5) is 0 Å². The minimum atomic E-state index is -0.826. The molecule has 12 heavy (non-hydrogen) atoms. The van der Waals surface area contributed by atoms with Crippen LogP contribution in [0.3, 0.4) is 0 Å². The summed E-state index contributed by atoms with van der Waals surface area (Å²) in [5.41, 5.74) is 0. The van der Waals surface area contributed by atoms with E-state index in [1.807, 2.05) is 0 Å². The molecule has 4 heteroatoms. The van der Waals surface area contributed by atoms with E-state index in [2.05, 4.69) is 0 Å². The van der Waals surface area contributed by atoms with Crippen LogP contribution in [0.15, 0.2) is 0 Å². The minimum absolute atomic E-state index is 0.0150. The zero-order chi connectivity index (χ0) is 9.14. The zero-order valence-electron chi connectivity index (χ0n) is 7.12. The number of amides is 1. The Bertz CT molecular complexity index is 202. The quantitative estimate of drug-likeness (QED) is 0.657. The highest BCUT2D eigenvalue weighted by Gasteiger charge is 2.27. The van der Waals surface area contributed by atoms with E-state index in [0.29, 0.717) is 6.54 Å². The maximum absolute atomic E-state index is 11.0. The first kappa shape index (κ1) is 9.03. The average Bonchev–Trinajstić information content (AvgIpc) is 2.33. The van der Waals surface area contributed by atoms with Crippen molar-refractivity contribution in [2.24, 2.45) is 0 Å². The number of carboxylic acid groups (broad SMARTS) is 1. The van der Waals surface area contributed by atoms with Crippen molar-refractivity contribution in [1.29, 1.82) is 0 Å². The van der Waals surface area contributed by atoms with Crippen molar-refractivity contribution in [2.75, 3.05) is 6.54 Å². The lowest BCUT2D eigenvalue weighted by molar-refractivity contribution is -0.139. The fourth-order valence-corrected chi connectivity index (χ4v) is 1.66. The predicted molar refractivity (Wildman–Crippen MR) is 42.7 cm³/mol. The van der Waals surface area contributed by atoms with Crippen LogP contribution >= 0.6 is 0 Å². The second kappa shape index (κ2) is 3.56. The van der Waals surface area contributed by atoms with Crippen LogP contribution in [0, 0.1) is 0 Å². The lowest BCUT2D eigenvalue weighted by Gasteiger charge is -2.21. The molecule has 68 valence electrons. The van der Waals surface area contributed by atoms with Gasteiger partial charge in [-0.25, -0.2) is 0 Å². The van der Waals surface area contributed by atoms with E-state index in [4.69, 9.17) is 5.11 Å². The summed E-state index contributed by atoms with van der Waals surface area (Å²) in [7, 11) is 0. The molecule has 0 radical (unpaired) electrons. The summed E-state index contributed by atoms with van der Waals surface area (Å²) in [6.07, 6.45) is 1.84. The molecule has 0 spiro atoms. The third-order valence-electron chi connectivity index (χ3n) is 2.19. The first-order valence-corrected chi connectivity index (χ1v) is 4.10. The zero-order valence-corrected chi connectivity index (χ0v) is 7.12. The van der Waals surface area contributed by atoms with E-state index in [1.54, 1.807) is 4.90 Å². The number of rotatable bonds is 2. The molecule has 0 aliphatic carbocycles. The third-order valence-corrected chi connectivity index (χ3v) is 2.19. The standard InChI is InChI=1S/C8H13NO3/c1-6(10)9-4-2-3-7(9)5-8(11)12/h7H,2-5H2,1H3,(H,11,12)/t7-/m1/s1. The van der Waals surface area contributed by atoms with Gasteiger partial charge in [0, 0.05) is 19.5 Å². The number of carbonyl (C=O) groups is 2. The van der Waals surface area contributed by atoms with Crippen LogP contribution in [0.5, 0.6) is 0 Å². The number of likely N-dealkylation sites (tertiary alicyclic amines) is 1. The van der Waals surface area contributed by atoms with Gasteiger partial charge < -0.3 is 10.0 Å². The Morgan fingerprint density at radius 1 is 1.58 bits per heavy atom. The van der Waals surface area contributed by atoms with Crippen LogP contribution in [0.25, 0.3) is 0 Å². The van der Waals surface area contributed by atoms with E-state index in [1.165, 1.54) is 6.92 Å². The van der Waals surface area contributed by atoms with E-state index >= 15 is 0 Å².